The maximum Gasteiger partial charge on any atom is 0.165 e. The Bertz CT molecular complexity index is 326. The van der Waals surface area contributed by atoms with Gasteiger partial charge in [-0.15, -0.1) is 0 Å². The monoisotopic (exact) mass is 268 g/mol. The average Bonchev–Trinajstić information content (AvgIpc) is 3.25. The van der Waals surface area contributed by atoms with Gasteiger partial charge >= 0.3 is 0 Å². The van der Waals surface area contributed by atoms with Crippen LogP contribution in [0.25, 0.3) is 0 Å². The van der Waals surface area contributed by atoms with E-state index in [0.717, 1.165) is 51.7 Å². The smallest absolute Gasteiger partial charge is 0.165 e. The molecule has 2 heterocycles. The zero-order valence-corrected chi connectivity index (χ0v) is 11.7. The molecule has 3 rings (SSSR count). The summed E-state index contributed by atoms with van der Waals surface area (Å²) >= 11 is 0. The van der Waals surface area contributed by atoms with Crippen LogP contribution in [0.3, 0.4) is 0 Å². The van der Waals surface area contributed by atoms with Crippen molar-refractivity contribution in [3.05, 3.63) is 0 Å². The third-order valence-electron chi connectivity index (χ3n) is 4.88. The van der Waals surface area contributed by atoms with Crippen molar-refractivity contribution in [1.82, 2.24) is 0 Å². The number of rotatable bonds is 4. The van der Waals surface area contributed by atoms with E-state index < -0.39 is 0 Å². The summed E-state index contributed by atoms with van der Waals surface area (Å²) in [5.41, 5.74) is -0.0985. The van der Waals surface area contributed by atoms with Crippen LogP contribution >= 0.6 is 0 Å². The molecule has 19 heavy (non-hydrogen) atoms. The van der Waals surface area contributed by atoms with E-state index in [4.69, 9.17) is 14.2 Å². The quantitative estimate of drug-likeness (QED) is 0.782. The fourth-order valence-corrected chi connectivity index (χ4v) is 3.53. The molecule has 0 radical (unpaired) electrons. The second kappa shape index (κ2) is 5.51. The topological polar surface area (TPSA) is 44.8 Å². The molecule has 0 aromatic carbocycles. The van der Waals surface area contributed by atoms with E-state index in [1.165, 1.54) is 0 Å². The van der Waals surface area contributed by atoms with E-state index in [9.17, 15) is 4.79 Å². The van der Waals surface area contributed by atoms with Crippen molar-refractivity contribution in [2.24, 2.45) is 11.8 Å². The maximum atomic E-state index is 12.6. The normalized spacial score (nSPS) is 32.2. The van der Waals surface area contributed by atoms with Crippen molar-refractivity contribution >= 4 is 5.78 Å². The molecule has 0 aromatic rings. The van der Waals surface area contributed by atoms with Gasteiger partial charge in [-0.2, -0.15) is 0 Å². The van der Waals surface area contributed by atoms with E-state index in [2.05, 4.69) is 0 Å². The van der Waals surface area contributed by atoms with Crippen LogP contribution in [0.5, 0.6) is 0 Å². The molecular weight excluding hydrogens is 244 g/mol. The van der Waals surface area contributed by atoms with Crippen LogP contribution in [0.2, 0.25) is 0 Å². The van der Waals surface area contributed by atoms with E-state index in [1.807, 2.05) is 0 Å². The van der Waals surface area contributed by atoms with Gasteiger partial charge in [0.1, 0.15) is 6.10 Å². The Balaban J connectivity index is 1.65. The number of hydrogen-bond acceptors (Lipinski definition) is 4. The number of ketones is 1. The highest BCUT2D eigenvalue weighted by molar-refractivity contribution is 5.86. The molecule has 2 unspecified atom stereocenters. The summed E-state index contributed by atoms with van der Waals surface area (Å²) < 4.78 is 16.9. The molecule has 3 aliphatic rings. The summed E-state index contributed by atoms with van der Waals surface area (Å²) in [6.07, 6.45) is 5.70. The Kier molecular flexibility index (Phi) is 3.92. The third kappa shape index (κ3) is 2.86. The second-order valence-electron chi connectivity index (χ2n) is 6.23. The summed E-state index contributed by atoms with van der Waals surface area (Å²) in [6.45, 7) is 2.23. The highest BCUT2D eigenvalue weighted by Crippen LogP contribution is 2.41. The lowest BCUT2D eigenvalue weighted by molar-refractivity contribution is -0.162. The van der Waals surface area contributed by atoms with E-state index in [1.54, 1.807) is 7.11 Å². The lowest BCUT2D eigenvalue weighted by atomic mass is 9.78. The molecule has 3 fully saturated rings. The van der Waals surface area contributed by atoms with Crippen molar-refractivity contribution in [3.63, 3.8) is 0 Å². The molecular formula is C15H24O4. The molecule has 4 nitrogen and oxygen atoms in total. The largest absolute Gasteiger partial charge is 0.381 e. The Morgan fingerprint density at radius 3 is 2.58 bits per heavy atom. The van der Waals surface area contributed by atoms with Crippen LogP contribution in [0.1, 0.15) is 38.5 Å². The van der Waals surface area contributed by atoms with Crippen molar-refractivity contribution in [3.8, 4) is 0 Å². The molecule has 0 aromatic heterocycles. The number of ether oxygens (including phenoxy) is 3. The molecule has 1 spiro atoms. The SMILES string of the molecule is COC(C(=O)C1CCOC2(CCOCC2)C1)C1CC1. The van der Waals surface area contributed by atoms with Crippen LogP contribution < -0.4 is 0 Å². The molecule has 2 aliphatic heterocycles. The van der Waals surface area contributed by atoms with Gasteiger partial charge < -0.3 is 14.2 Å². The molecule has 4 heteroatoms. The minimum atomic E-state index is -0.167. The van der Waals surface area contributed by atoms with Crippen LogP contribution in [-0.4, -0.2) is 44.4 Å². The number of Topliss-reactive ketones (excluding diaryl/α,β-unsaturated/α-hetero) is 1. The Labute approximate surface area is 114 Å². The molecule has 108 valence electrons. The van der Waals surface area contributed by atoms with Gasteiger partial charge in [0.15, 0.2) is 5.78 Å². The fourth-order valence-electron chi connectivity index (χ4n) is 3.53. The minimum Gasteiger partial charge on any atom is -0.381 e. The van der Waals surface area contributed by atoms with Gasteiger partial charge in [-0.05, 0) is 44.4 Å². The molecule has 2 saturated heterocycles. The van der Waals surface area contributed by atoms with Gasteiger partial charge in [0, 0.05) is 32.8 Å². The van der Waals surface area contributed by atoms with Gasteiger partial charge in [-0.25, -0.2) is 0 Å². The van der Waals surface area contributed by atoms with Crippen LogP contribution in [0, 0.1) is 11.8 Å². The van der Waals surface area contributed by atoms with Gasteiger partial charge in [0.25, 0.3) is 0 Å². The molecule has 2 atom stereocenters. The molecule has 0 amide bonds. The lowest BCUT2D eigenvalue weighted by Gasteiger charge is -2.43. The zero-order chi connectivity index (χ0) is 13.3. The summed E-state index contributed by atoms with van der Waals surface area (Å²) in [5, 5.41) is 0. The minimum absolute atomic E-state index is 0.0985. The fraction of sp³-hybridized carbons (Fsp3) is 0.933. The molecule has 0 N–H and O–H groups in total. The molecule has 1 saturated carbocycles. The summed E-state index contributed by atoms with van der Waals surface area (Å²) in [7, 11) is 1.67. The first-order chi connectivity index (χ1) is 9.24. The maximum absolute atomic E-state index is 12.6. The van der Waals surface area contributed by atoms with Gasteiger partial charge in [-0.3, -0.25) is 4.79 Å². The average molecular weight is 268 g/mol. The Morgan fingerprint density at radius 2 is 1.95 bits per heavy atom. The first kappa shape index (κ1) is 13.5. The standard InChI is InChI=1S/C15H24O4/c1-17-14(11-2-3-11)13(16)12-4-7-19-15(10-12)5-8-18-9-6-15/h11-12,14H,2-10H2,1H3. The zero-order valence-electron chi connectivity index (χ0n) is 11.7. The van der Waals surface area contributed by atoms with Gasteiger partial charge in [0.2, 0.25) is 0 Å². The van der Waals surface area contributed by atoms with Crippen molar-refractivity contribution in [2.45, 2.75) is 50.2 Å². The van der Waals surface area contributed by atoms with Crippen LogP contribution in [0.15, 0.2) is 0 Å². The predicted octanol–water partition coefficient (Wildman–Crippen LogP) is 1.96. The van der Waals surface area contributed by atoms with Crippen molar-refractivity contribution in [2.75, 3.05) is 26.9 Å². The van der Waals surface area contributed by atoms with Gasteiger partial charge in [0.05, 0.1) is 5.60 Å². The number of carbonyl (C=O) groups is 1. The van der Waals surface area contributed by atoms with Crippen molar-refractivity contribution in [1.29, 1.82) is 0 Å². The van der Waals surface area contributed by atoms with Crippen LogP contribution in [0.4, 0.5) is 0 Å². The second-order valence-corrected chi connectivity index (χ2v) is 6.23. The van der Waals surface area contributed by atoms with E-state index in [0.29, 0.717) is 18.3 Å². The summed E-state index contributed by atoms with van der Waals surface area (Å²) in [5.74, 6) is 0.919. The lowest BCUT2D eigenvalue weighted by Crippen LogP contribution is -2.47. The predicted molar refractivity (Wildman–Crippen MR) is 70.0 cm³/mol. The number of methoxy groups -OCH3 is 1. The first-order valence-electron chi connectivity index (χ1n) is 7.52. The summed E-state index contributed by atoms with van der Waals surface area (Å²) in [4.78, 5) is 12.6. The first-order valence-corrected chi connectivity index (χ1v) is 7.52. The highest BCUT2D eigenvalue weighted by atomic mass is 16.5. The Hall–Kier alpha value is -0.450. The molecule has 1 aliphatic carbocycles. The third-order valence-corrected chi connectivity index (χ3v) is 4.88. The van der Waals surface area contributed by atoms with E-state index >= 15 is 0 Å². The Morgan fingerprint density at radius 1 is 1.21 bits per heavy atom. The van der Waals surface area contributed by atoms with Crippen LogP contribution in [-0.2, 0) is 19.0 Å². The highest BCUT2D eigenvalue weighted by Gasteiger charge is 2.45. The number of carbonyl (C=O) groups excluding carboxylic acids is 1. The van der Waals surface area contributed by atoms with Gasteiger partial charge in [-0.1, -0.05) is 0 Å². The van der Waals surface area contributed by atoms with Crippen molar-refractivity contribution < 1.29 is 19.0 Å². The summed E-state index contributed by atoms with van der Waals surface area (Å²) in [6, 6.07) is 0. The van der Waals surface area contributed by atoms with E-state index in [-0.39, 0.29) is 17.6 Å². The molecule has 0 bridgehead atoms. The number of hydrogen-bond donors (Lipinski definition) is 0.